The molecule has 1 amide bonds. The molecule has 0 fully saturated rings. The molecule has 4 radical (unpaired) electrons. The van der Waals surface area contributed by atoms with Gasteiger partial charge in [0.05, 0.1) is 11.4 Å². The SMILES string of the molecule is [N]c1cccc(NC(=O)c2cccc([N])c2)c1. The number of rotatable bonds is 2. The van der Waals surface area contributed by atoms with Crippen molar-refractivity contribution in [3.8, 4) is 0 Å². The van der Waals surface area contributed by atoms with Crippen LogP contribution >= 0.6 is 0 Å². The molecular formula is C13H9N3O. The van der Waals surface area contributed by atoms with Gasteiger partial charge >= 0.3 is 0 Å². The van der Waals surface area contributed by atoms with Crippen molar-refractivity contribution in [1.29, 1.82) is 0 Å². The van der Waals surface area contributed by atoms with E-state index in [9.17, 15) is 16.3 Å². The second-order valence-corrected chi connectivity index (χ2v) is 3.55. The number of anilines is 1. The summed E-state index contributed by atoms with van der Waals surface area (Å²) in [5.74, 6) is -0.341. The number of hydrogen-bond acceptors (Lipinski definition) is 1. The molecule has 0 spiro atoms. The number of carbonyl (C=O) groups is 1. The molecule has 0 saturated heterocycles. The predicted octanol–water partition coefficient (Wildman–Crippen LogP) is 2.34. The lowest BCUT2D eigenvalue weighted by molar-refractivity contribution is 0.102. The number of amides is 1. The molecule has 2 aromatic rings. The maximum atomic E-state index is 11.8. The summed E-state index contributed by atoms with van der Waals surface area (Å²) in [5.41, 5.74) is 19.5. The maximum Gasteiger partial charge on any atom is 0.255 e. The number of benzene rings is 2. The van der Waals surface area contributed by atoms with Gasteiger partial charge in [0.25, 0.3) is 5.91 Å². The summed E-state index contributed by atoms with van der Waals surface area (Å²) in [7, 11) is 0. The van der Waals surface area contributed by atoms with Gasteiger partial charge in [0, 0.05) is 11.3 Å². The van der Waals surface area contributed by atoms with Crippen LogP contribution in [0.3, 0.4) is 0 Å². The van der Waals surface area contributed by atoms with E-state index >= 15 is 0 Å². The van der Waals surface area contributed by atoms with Gasteiger partial charge in [-0.2, -0.15) is 11.5 Å². The average Bonchev–Trinajstić information content (AvgIpc) is 2.29. The molecule has 0 unspecified atom stereocenters. The summed E-state index contributed by atoms with van der Waals surface area (Å²) < 4.78 is 0. The predicted molar refractivity (Wildman–Crippen MR) is 64.4 cm³/mol. The second kappa shape index (κ2) is 4.57. The molecular weight excluding hydrogens is 214 g/mol. The van der Waals surface area contributed by atoms with Crippen molar-refractivity contribution >= 4 is 23.0 Å². The molecule has 0 aliphatic rings. The normalized spacial score (nSPS) is 9.88. The molecule has 0 aliphatic carbocycles. The summed E-state index contributed by atoms with van der Waals surface area (Å²) in [5, 5.41) is 2.62. The molecule has 2 rings (SSSR count). The highest BCUT2D eigenvalue weighted by Crippen LogP contribution is 2.15. The molecule has 0 atom stereocenters. The number of carbonyl (C=O) groups excluding carboxylic acids is 1. The quantitative estimate of drug-likeness (QED) is 0.833. The zero-order valence-corrected chi connectivity index (χ0v) is 8.92. The largest absolute Gasteiger partial charge is 0.322 e. The third-order valence-electron chi connectivity index (χ3n) is 2.21. The highest BCUT2D eigenvalue weighted by Gasteiger charge is 2.06. The fourth-order valence-corrected chi connectivity index (χ4v) is 1.43. The van der Waals surface area contributed by atoms with Crippen LogP contribution in [0.2, 0.25) is 0 Å². The van der Waals surface area contributed by atoms with E-state index in [4.69, 9.17) is 0 Å². The molecule has 0 saturated carbocycles. The lowest BCUT2D eigenvalue weighted by atomic mass is 10.2. The minimum atomic E-state index is -0.341. The maximum absolute atomic E-state index is 11.8. The van der Waals surface area contributed by atoms with E-state index in [1.807, 2.05) is 0 Å². The first-order valence-electron chi connectivity index (χ1n) is 5.04. The van der Waals surface area contributed by atoms with Gasteiger partial charge in [0.1, 0.15) is 0 Å². The molecule has 0 aliphatic heterocycles. The van der Waals surface area contributed by atoms with E-state index in [1.54, 1.807) is 24.3 Å². The lowest BCUT2D eigenvalue weighted by Gasteiger charge is -2.05. The second-order valence-electron chi connectivity index (χ2n) is 3.55. The Morgan fingerprint density at radius 1 is 0.941 bits per heavy atom. The Morgan fingerprint density at radius 3 is 2.24 bits per heavy atom. The van der Waals surface area contributed by atoms with Crippen LogP contribution in [0.25, 0.3) is 0 Å². The van der Waals surface area contributed by atoms with Crippen LogP contribution in [-0.2, 0) is 0 Å². The van der Waals surface area contributed by atoms with Crippen LogP contribution in [-0.4, -0.2) is 5.91 Å². The minimum Gasteiger partial charge on any atom is -0.322 e. The highest BCUT2D eigenvalue weighted by atomic mass is 16.1. The zero-order chi connectivity index (χ0) is 12.3. The van der Waals surface area contributed by atoms with E-state index in [0.717, 1.165) is 0 Å². The number of hydrogen-bond donors (Lipinski definition) is 1. The van der Waals surface area contributed by atoms with Gasteiger partial charge in [-0.1, -0.05) is 12.1 Å². The van der Waals surface area contributed by atoms with Crippen molar-refractivity contribution in [2.45, 2.75) is 0 Å². The van der Waals surface area contributed by atoms with E-state index < -0.39 is 0 Å². The zero-order valence-electron chi connectivity index (χ0n) is 8.92. The van der Waals surface area contributed by atoms with Crippen LogP contribution in [0.4, 0.5) is 17.1 Å². The summed E-state index contributed by atoms with van der Waals surface area (Å²) in [6.07, 6.45) is 0. The fourth-order valence-electron chi connectivity index (χ4n) is 1.43. The molecule has 17 heavy (non-hydrogen) atoms. The van der Waals surface area contributed by atoms with Gasteiger partial charge in [0.2, 0.25) is 0 Å². The van der Waals surface area contributed by atoms with E-state index in [1.165, 1.54) is 24.3 Å². The Hall–Kier alpha value is -2.49. The Kier molecular flexibility index (Phi) is 2.96. The third-order valence-corrected chi connectivity index (χ3v) is 2.21. The minimum absolute atomic E-state index is 0.0357. The van der Waals surface area contributed by atoms with Crippen LogP contribution in [0.15, 0.2) is 48.5 Å². The summed E-state index contributed by atoms with van der Waals surface area (Å²) >= 11 is 0. The van der Waals surface area contributed by atoms with Crippen LogP contribution in [0.1, 0.15) is 10.4 Å². The van der Waals surface area contributed by atoms with E-state index in [-0.39, 0.29) is 17.3 Å². The van der Waals surface area contributed by atoms with Gasteiger partial charge in [-0.05, 0) is 36.4 Å². The molecule has 0 aromatic heterocycles. The smallest absolute Gasteiger partial charge is 0.255 e. The lowest BCUT2D eigenvalue weighted by Crippen LogP contribution is -2.11. The van der Waals surface area contributed by atoms with Gasteiger partial charge in [0.15, 0.2) is 0 Å². The van der Waals surface area contributed by atoms with Crippen molar-refractivity contribution in [3.05, 3.63) is 54.1 Å². The first-order chi connectivity index (χ1) is 8.15. The summed E-state index contributed by atoms with van der Waals surface area (Å²) in [4.78, 5) is 11.8. The van der Waals surface area contributed by atoms with Gasteiger partial charge in [-0.3, -0.25) is 4.79 Å². The van der Waals surface area contributed by atoms with Crippen molar-refractivity contribution in [3.63, 3.8) is 0 Å². The molecule has 2 aromatic carbocycles. The third kappa shape index (κ3) is 2.75. The molecule has 1 N–H and O–H groups in total. The molecule has 4 nitrogen and oxygen atoms in total. The van der Waals surface area contributed by atoms with Gasteiger partial charge in [-0.15, -0.1) is 0 Å². The summed E-state index contributed by atoms with van der Waals surface area (Å²) in [6, 6.07) is 12.3. The molecule has 82 valence electrons. The Balaban J connectivity index is 2.17. The number of nitrogens with one attached hydrogen (secondary N) is 1. The molecule has 4 heteroatoms. The van der Waals surface area contributed by atoms with Crippen LogP contribution in [0.5, 0.6) is 0 Å². The average molecular weight is 223 g/mol. The molecule has 0 bridgehead atoms. The van der Waals surface area contributed by atoms with E-state index in [2.05, 4.69) is 5.32 Å². The van der Waals surface area contributed by atoms with E-state index in [0.29, 0.717) is 11.3 Å². The highest BCUT2D eigenvalue weighted by molar-refractivity contribution is 6.04. The van der Waals surface area contributed by atoms with Crippen molar-refractivity contribution < 1.29 is 4.79 Å². The topological polar surface area (TPSA) is 73.7 Å². The standard InChI is InChI=1S/C13H9N3O/c14-10-4-1-3-9(7-10)13(17)16-12-6-2-5-11(15)8-12/h1-8H,(H,16,17). The Labute approximate surface area is 99.2 Å². The van der Waals surface area contributed by atoms with Crippen molar-refractivity contribution in [1.82, 2.24) is 11.5 Å². The van der Waals surface area contributed by atoms with Gasteiger partial charge < -0.3 is 5.32 Å². The first kappa shape index (κ1) is 11.0. The Bertz CT molecular complexity index is 552. The monoisotopic (exact) mass is 223 g/mol. The number of nitrogens with zero attached hydrogens (tertiary/aromatic N) is 2. The first-order valence-corrected chi connectivity index (χ1v) is 5.04. The molecule has 0 heterocycles. The van der Waals surface area contributed by atoms with Crippen molar-refractivity contribution in [2.75, 3.05) is 5.32 Å². The van der Waals surface area contributed by atoms with Crippen LogP contribution < -0.4 is 16.8 Å². The fraction of sp³-hybridized carbons (Fsp3) is 0. The van der Waals surface area contributed by atoms with Crippen molar-refractivity contribution in [2.24, 2.45) is 0 Å². The summed E-state index contributed by atoms with van der Waals surface area (Å²) in [6.45, 7) is 0. The van der Waals surface area contributed by atoms with Crippen LogP contribution in [0, 0.1) is 0 Å². The van der Waals surface area contributed by atoms with Gasteiger partial charge in [-0.25, -0.2) is 0 Å². The Morgan fingerprint density at radius 2 is 1.59 bits per heavy atom.